The highest BCUT2D eigenvalue weighted by molar-refractivity contribution is 5.94. The molecular formula is C19H18N4O3. The summed E-state index contributed by atoms with van der Waals surface area (Å²) >= 11 is 0. The van der Waals surface area contributed by atoms with Crippen molar-refractivity contribution in [2.45, 2.75) is 6.54 Å². The lowest BCUT2D eigenvalue weighted by atomic mass is 10.2. The molecule has 2 amide bonds. The summed E-state index contributed by atoms with van der Waals surface area (Å²) in [7, 11) is 0. The molecule has 2 aromatic carbocycles. The molecule has 2 N–H and O–H groups in total. The molecular weight excluding hydrogens is 332 g/mol. The first-order valence-corrected chi connectivity index (χ1v) is 8.20. The van der Waals surface area contributed by atoms with Crippen LogP contribution in [-0.2, 0) is 11.3 Å². The Hall–Kier alpha value is -3.48. The van der Waals surface area contributed by atoms with E-state index in [4.69, 9.17) is 0 Å². The maximum atomic E-state index is 12.3. The molecule has 0 bridgehead atoms. The number of nitrogens with one attached hydrogen (secondary N) is 2. The first-order valence-electron chi connectivity index (χ1n) is 8.20. The van der Waals surface area contributed by atoms with Crippen LogP contribution in [0.25, 0.3) is 10.8 Å². The van der Waals surface area contributed by atoms with Crippen molar-refractivity contribution in [2.24, 2.45) is 0 Å². The molecule has 0 saturated heterocycles. The predicted octanol–water partition coefficient (Wildman–Crippen LogP) is 0.943. The van der Waals surface area contributed by atoms with Crippen molar-refractivity contribution in [3.05, 3.63) is 76.7 Å². The number of amides is 2. The van der Waals surface area contributed by atoms with Gasteiger partial charge in [0.05, 0.1) is 11.6 Å². The largest absolute Gasteiger partial charge is 0.353 e. The van der Waals surface area contributed by atoms with Gasteiger partial charge in [0.1, 0.15) is 6.54 Å². The van der Waals surface area contributed by atoms with Gasteiger partial charge in [-0.2, -0.15) is 5.10 Å². The minimum Gasteiger partial charge on any atom is -0.353 e. The first-order chi connectivity index (χ1) is 12.6. The number of hydrogen-bond donors (Lipinski definition) is 2. The zero-order chi connectivity index (χ0) is 18.4. The quantitative estimate of drug-likeness (QED) is 0.647. The average molecular weight is 350 g/mol. The number of aromatic nitrogens is 2. The summed E-state index contributed by atoms with van der Waals surface area (Å²) in [6, 6.07) is 15.9. The van der Waals surface area contributed by atoms with E-state index < -0.39 is 0 Å². The summed E-state index contributed by atoms with van der Waals surface area (Å²) in [4.78, 5) is 36.2. The van der Waals surface area contributed by atoms with Gasteiger partial charge in [0.25, 0.3) is 11.5 Å². The summed E-state index contributed by atoms with van der Waals surface area (Å²) in [6.07, 6.45) is 1.56. The highest BCUT2D eigenvalue weighted by Crippen LogP contribution is 2.06. The Balaban J connectivity index is 1.50. The third kappa shape index (κ3) is 4.13. The molecule has 0 atom stereocenters. The third-order valence-corrected chi connectivity index (χ3v) is 3.82. The van der Waals surface area contributed by atoms with Crippen LogP contribution in [0.4, 0.5) is 0 Å². The molecule has 7 nitrogen and oxygen atoms in total. The zero-order valence-electron chi connectivity index (χ0n) is 14.0. The molecule has 1 aromatic heterocycles. The molecule has 0 spiro atoms. The van der Waals surface area contributed by atoms with Gasteiger partial charge in [-0.15, -0.1) is 0 Å². The lowest BCUT2D eigenvalue weighted by Crippen LogP contribution is -2.38. The molecule has 0 unspecified atom stereocenters. The summed E-state index contributed by atoms with van der Waals surface area (Å²) < 4.78 is 1.13. The van der Waals surface area contributed by atoms with Crippen molar-refractivity contribution in [2.75, 3.05) is 13.1 Å². The minimum absolute atomic E-state index is 0.170. The van der Waals surface area contributed by atoms with Gasteiger partial charge < -0.3 is 10.6 Å². The Morgan fingerprint density at radius 2 is 1.62 bits per heavy atom. The lowest BCUT2D eigenvalue weighted by molar-refractivity contribution is -0.121. The second-order valence-electron chi connectivity index (χ2n) is 5.67. The Morgan fingerprint density at radius 1 is 0.923 bits per heavy atom. The summed E-state index contributed by atoms with van der Waals surface area (Å²) in [5.74, 6) is -0.545. The van der Waals surface area contributed by atoms with Gasteiger partial charge in [-0.05, 0) is 18.2 Å². The highest BCUT2D eigenvalue weighted by atomic mass is 16.2. The van der Waals surface area contributed by atoms with Crippen LogP contribution in [-0.4, -0.2) is 34.7 Å². The van der Waals surface area contributed by atoms with E-state index in [1.165, 1.54) is 0 Å². The van der Waals surface area contributed by atoms with Crippen LogP contribution in [0.15, 0.2) is 65.6 Å². The summed E-state index contributed by atoms with van der Waals surface area (Å²) in [5.41, 5.74) is 0.251. The number of benzene rings is 2. The molecule has 3 aromatic rings. The van der Waals surface area contributed by atoms with E-state index in [0.717, 1.165) is 10.1 Å². The van der Waals surface area contributed by atoms with Crippen LogP contribution in [0.3, 0.4) is 0 Å². The van der Waals surface area contributed by atoms with Gasteiger partial charge in [0, 0.05) is 24.0 Å². The SMILES string of the molecule is O=C(Cn1ncc2ccccc2c1=O)NCCNC(=O)c1ccccc1. The zero-order valence-corrected chi connectivity index (χ0v) is 14.0. The van der Waals surface area contributed by atoms with Crippen molar-refractivity contribution in [3.63, 3.8) is 0 Å². The number of carbonyl (C=O) groups excluding carboxylic acids is 2. The molecule has 7 heteroatoms. The van der Waals surface area contributed by atoms with Crippen molar-refractivity contribution in [3.8, 4) is 0 Å². The first kappa shape index (κ1) is 17.3. The normalized spacial score (nSPS) is 10.5. The number of hydrogen-bond acceptors (Lipinski definition) is 4. The predicted molar refractivity (Wildman–Crippen MR) is 97.8 cm³/mol. The molecule has 26 heavy (non-hydrogen) atoms. The van der Waals surface area contributed by atoms with Crippen LogP contribution in [0, 0.1) is 0 Å². The fraction of sp³-hybridized carbons (Fsp3) is 0.158. The molecule has 0 aliphatic carbocycles. The molecule has 3 rings (SSSR count). The van der Waals surface area contributed by atoms with Gasteiger partial charge in [-0.1, -0.05) is 36.4 Å². The molecule has 0 fully saturated rings. The van der Waals surface area contributed by atoms with Crippen molar-refractivity contribution in [1.82, 2.24) is 20.4 Å². The lowest BCUT2D eigenvalue weighted by Gasteiger charge is -2.08. The van der Waals surface area contributed by atoms with Crippen LogP contribution >= 0.6 is 0 Å². The number of fused-ring (bicyclic) bond motifs is 1. The van der Waals surface area contributed by atoms with E-state index in [1.54, 1.807) is 48.7 Å². The van der Waals surface area contributed by atoms with E-state index in [9.17, 15) is 14.4 Å². The van der Waals surface area contributed by atoms with Gasteiger partial charge in [-0.25, -0.2) is 4.68 Å². The van der Waals surface area contributed by atoms with Crippen LogP contribution in [0.2, 0.25) is 0 Å². The molecule has 132 valence electrons. The van der Waals surface area contributed by atoms with Crippen molar-refractivity contribution < 1.29 is 9.59 Å². The van der Waals surface area contributed by atoms with Gasteiger partial charge in [0.15, 0.2) is 0 Å². The van der Waals surface area contributed by atoms with Gasteiger partial charge >= 0.3 is 0 Å². The molecule has 1 heterocycles. The van der Waals surface area contributed by atoms with E-state index in [2.05, 4.69) is 15.7 Å². The monoisotopic (exact) mass is 350 g/mol. The summed E-state index contributed by atoms with van der Waals surface area (Å²) in [6.45, 7) is 0.384. The second kappa shape index (κ2) is 8.06. The molecule has 0 aliphatic heterocycles. The number of rotatable bonds is 6. The van der Waals surface area contributed by atoms with Crippen LogP contribution in [0.5, 0.6) is 0 Å². The van der Waals surface area contributed by atoms with Crippen LogP contribution in [0.1, 0.15) is 10.4 Å². The number of nitrogens with zero attached hydrogens (tertiary/aromatic N) is 2. The number of carbonyl (C=O) groups is 2. The maximum absolute atomic E-state index is 12.3. The van der Waals surface area contributed by atoms with E-state index in [0.29, 0.717) is 17.5 Å². The fourth-order valence-electron chi connectivity index (χ4n) is 2.50. The maximum Gasteiger partial charge on any atom is 0.275 e. The van der Waals surface area contributed by atoms with Crippen molar-refractivity contribution in [1.29, 1.82) is 0 Å². The smallest absolute Gasteiger partial charge is 0.275 e. The third-order valence-electron chi connectivity index (χ3n) is 3.82. The Kier molecular flexibility index (Phi) is 5.38. The average Bonchev–Trinajstić information content (AvgIpc) is 2.68. The Morgan fingerprint density at radius 3 is 2.42 bits per heavy atom. The molecule has 0 saturated carbocycles. The topological polar surface area (TPSA) is 93.1 Å². The molecule has 0 radical (unpaired) electrons. The van der Waals surface area contributed by atoms with E-state index in [-0.39, 0.29) is 30.5 Å². The highest BCUT2D eigenvalue weighted by Gasteiger charge is 2.08. The van der Waals surface area contributed by atoms with Crippen LogP contribution < -0.4 is 16.2 Å². The van der Waals surface area contributed by atoms with E-state index >= 15 is 0 Å². The fourth-order valence-corrected chi connectivity index (χ4v) is 2.50. The Bertz CT molecular complexity index is 983. The minimum atomic E-state index is -0.344. The van der Waals surface area contributed by atoms with Gasteiger partial charge in [-0.3, -0.25) is 14.4 Å². The van der Waals surface area contributed by atoms with E-state index in [1.807, 2.05) is 12.1 Å². The Labute approximate surface area is 149 Å². The summed E-state index contributed by atoms with van der Waals surface area (Å²) in [5, 5.41) is 10.6. The standard InChI is InChI=1S/C19H18N4O3/c24-17(20-10-11-21-18(25)14-6-2-1-3-7-14)13-23-19(26)16-9-5-4-8-15(16)12-22-23/h1-9,12H,10-11,13H2,(H,20,24)(H,21,25). The molecule has 0 aliphatic rings. The van der Waals surface area contributed by atoms with Crippen molar-refractivity contribution >= 4 is 22.6 Å². The second-order valence-corrected chi connectivity index (χ2v) is 5.67. The van der Waals surface area contributed by atoms with Gasteiger partial charge in [0.2, 0.25) is 5.91 Å².